The zero-order valence-electron chi connectivity index (χ0n) is 10.5. The Balaban J connectivity index is 2.35. The monoisotopic (exact) mass is 297 g/mol. The van der Waals surface area contributed by atoms with Crippen molar-refractivity contribution in [3.8, 4) is 17.0 Å². The summed E-state index contributed by atoms with van der Waals surface area (Å²) < 4.78 is 14.4. The van der Waals surface area contributed by atoms with E-state index in [-0.39, 0.29) is 5.97 Å². The molecule has 0 spiro atoms. The average Bonchev–Trinajstić information content (AvgIpc) is 2.88. The summed E-state index contributed by atoms with van der Waals surface area (Å²) in [5, 5.41) is 0.585. The summed E-state index contributed by atoms with van der Waals surface area (Å²) in [5.41, 5.74) is 1.46. The maximum atomic E-state index is 11.6. The van der Waals surface area contributed by atoms with Gasteiger partial charge < -0.3 is 9.47 Å². The van der Waals surface area contributed by atoms with Crippen LogP contribution in [0.3, 0.4) is 0 Å². The maximum absolute atomic E-state index is 11.6. The summed E-state index contributed by atoms with van der Waals surface area (Å²) in [5.74, 6) is 0.257. The van der Waals surface area contributed by atoms with Crippen LogP contribution in [-0.2, 0) is 4.74 Å². The van der Waals surface area contributed by atoms with Gasteiger partial charge in [-0.05, 0) is 42.7 Å². The van der Waals surface area contributed by atoms with E-state index in [0.29, 0.717) is 28.0 Å². The predicted molar refractivity (Wildman–Crippen MR) is 75.1 cm³/mol. The third-order valence-electron chi connectivity index (χ3n) is 2.43. The lowest BCUT2D eigenvalue weighted by Gasteiger charge is -2.06. The minimum atomic E-state index is -0.362. The zero-order chi connectivity index (χ0) is 13.8. The molecule has 19 heavy (non-hydrogen) atoms. The molecule has 0 N–H and O–H groups in total. The van der Waals surface area contributed by atoms with Crippen LogP contribution in [0.5, 0.6) is 5.75 Å². The van der Waals surface area contributed by atoms with Crippen LogP contribution in [0, 0.1) is 0 Å². The van der Waals surface area contributed by atoms with Gasteiger partial charge in [-0.2, -0.15) is 4.37 Å². The number of ether oxygens (including phenoxy) is 2. The molecule has 0 aliphatic carbocycles. The fourth-order valence-electron chi connectivity index (χ4n) is 1.58. The molecule has 0 amide bonds. The van der Waals surface area contributed by atoms with Gasteiger partial charge in [0.1, 0.15) is 10.6 Å². The van der Waals surface area contributed by atoms with E-state index in [1.165, 1.54) is 0 Å². The number of carbonyl (C=O) groups excluding carboxylic acids is 1. The Morgan fingerprint density at radius 2 is 2.21 bits per heavy atom. The van der Waals surface area contributed by atoms with Crippen LogP contribution >= 0.6 is 23.1 Å². The van der Waals surface area contributed by atoms with Crippen LogP contribution in [0.1, 0.15) is 16.6 Å². The van der Waals surface area contributed by atoms with Crippen molar-refractivity contribution in [1.82, 2.24) is 4.37 Å². The van der Waals surface area contributed by atoms with Crippen molar-refractivity contribution in [3.63, 3.8) is 0 Å². The van der Waals surface area contributed by atoms with Gasteiger partial charge >= 0.3 is 5.97 Å². The number of aromatic nitrogens is 1. The highest BCUT2D eigenvalue weighted by atomic mass is 35.5. The second-order valence-electron chi connectivity index (χ2n) is 3.64. The van der Waals surface area contributed by atoms with E-state index in [1.54, 1.807) is 32.2 Å². The molecule has 0 saturated heterocycles. The topological polar surface area (TPSA) is 48.4 Å². The Bertz CT molecular complexity index is 597. The Morgan fingerprint density at radius 1 is 1.42 bits per heavy atom. The molecule has 0 unspecified atom stereocenters. The fraction of sp³-hybridized carbons (Fsp3) is 0.231. The summed E-state index contributed by atoms with van der Waals surface area (Å²) in [7, 11) is 1.56. The third-order valence-corrected chi connectivity index (χ3v) is 3.43. The molecular formula is C13H12ClNO3S. The van der Waals surface area contributed by atoms with Gasteiger partial charge in [0.2, 0.25) is 0 Å². The summed E-state index contributed by atoms with van der Waals surface area (Å²) in [6.07, 6.45) is 0. The molecule has 0 bridgehead atoms. The minimum absolute atomic E-state index is 0.344. The van der Waals surface area contributed by atoms with Gasteiger partial charge in [-0.3, -0.25) is 0 Å². The lowest BCUT2D eigenvalue weighted by molar-refractivity contribution is 0.0532. The summed E-state index contributed by atoms with van der Waals surface area (Å²) >= 11 is 7.01. The van der Waals surface area contributed by atoms with E-state index in [1.807, 2.05) is 6.07 Å². The Kier molecular flexibility index (Phi) is 4.39. The first kappa shape index (κ1) is 13.8. The molecule has 0 aliphatic heterocycles. The average molecular weight is 298 g/mol. The largest absolute Gasteiger partial charge is 0.496 e. The first-order valence-corrected chi connectivity index (χ1v) is 6.78. The summed E-state index contributed by atoms with van der Waals surface area (Å²) in [6.45, 7) is 2.11. The molecule has 0 aliphatic rings. The number of carbonyl (C=O) groups is 1. The molecular weight excluding hydrogens is 286 g/mol. The van der Waals surface area contributed by atoms with Crippen LogP contribution in [0.4, 0.5) is 0 Å². The lowest BCUT2D eigenvalue weighted by Crippen LogP contribution is -2.01. The number of halogens is 1. The number of hydrogen-bond donors (Lipinski definition) is 0. The quantitative estimate of drug-likeness (QED) is 0.808. The van der Waals surface area contributed by atoms with Crippen molar-refractivity contribution in [2.75, 3.05) is 13.7 Å². The van der Waals surface area contributed by atoms with E-state index >= 15 is 0 Å². The van der Waals surface area contributed by atoms with Gasteiger partial charge in [0.25, 0.3) is 0 Å². The van der Waals surface area contributed by atoms with Crippen LogP contribution in [0.15, 0.2) is 24.3 Å². The normalized spacial score (nSPS) is 10.3. The van der Waals surface area contributed by atoms with Crippen LogP contribution < -0.4 is 4.74 Å². The molecule has 1 heterocycles. The van der Waals surface area contributed by atoms with Gasteiger partial charge in [0.15, 0.2) is 0 Å². The van der Waals surface area contributed by atoms with Gasteiger partial charge in [-0.15, -0.1) is 0 Å². The highest BCUT2D eigenvalue weighted by Gasteiger charge is 2.15. The van der Waals surface area contributed by atoms with E-state index in [0.717, 1.165) is 17.1 Å². The van der Waals surface area contributed by atoms with Crippen molar-refractivity contribution in [1.29, 1.82) is 0 Å². The Labute approximate surface area is 120 Å². The molecule has 6 heteroatoms. The molecule has 1 aromatic carbocycles. The van der Waals surface area contributed by atoms with Crippen molar-refractivity contribution in [2.24, 2.45) is 0 Å². The van der Waals surface area contributed by atoms with E-state index in [2.05, 4.69) is 4.37 Å². The number of rotatable bonds is 4. The number of hydrogen-bond acceptors (Lipinski definition) is 5. The predicted octanol–water partition coefficient (Wildman–Crippen LogP) is 3.65. The molecule has 2 aromatic rings. The van der Waals surface area contributed by atoms with Crippen LogP contribution in [0.2, 0.25) is 5.02 Å². The molecule has 0 fully saturated rings. The molecule has 0 saturated carbocycles. The molecule has 0 radical (unpaired) electrons. The SMILES string of the molecule is CCOC(=O)c1cc(-c2ccc(Cl)cc2OC)ns1. The molecule has 0 atom stereocenters. The smallest absolute Gasteiger partial charge is 0.349 e. The Morgan fingerprint density at radius 3 is 2.89 bits per heavy atom. The number of benzene rings is 1. The van der Waals surface area contributed by atoms with Gasteiger partial charge in [-0.25, -0.2) is 4.79 Å². The van der Waals surface area contributed by atoms with Crippen molar-refractivity contribution >= 4 is 29.1 Å². The van der Waals surface area contributed by atoms with Crippen molar-refractivity contribution in [3.05, 3.63) is 34.2 Å². The number of nitrogens with zero attached hydrogens (tertiary/aromatic N) is 1. The van der Waals surface area contributed by atoms with Gasteiger partial charge in [-0.1, -0.05) is 11.6 Å². The van der Waals surface area contributed by atoms with E-state index < -0.39 is 0 Å². The molecule has 4 nitrogen and oxygen atoms in total. The second-order valence-corrected chi connectivity index (χ2v) is 4.88. The highest BCUT2D eigenvalue weighted by molar-refractivity contribution is 7.08. The second kappa shape index (κ2) is 6.04. The minimum Gasteiger partial charge on any atom is -0.496 e. The number of methoxy groups -OCH3 is 1. The first-order chi connectivity index (χ1) is 9.15. The highest BCUT2D eigenvalue weighted by Crippen LogP contribution is 2.33. The van der Waals surface area contributed by atoms with Crippen molar-refractivity contribution in [2.45, 2.75) is 6.92 Å². The zero-order valence-corrected chi connectivity index (χ0v) is 12.0. The summed E-state index contributed by atoms with van der Waals surface area (Å²) in [6, 6.07) is 6.96. The van der Waals surface area contributed by atoms with Crippen LogP contribution in [-0.4, -0.2) is 24.1 Å². The first-order valence-electron chi connectivity index (χ1n) is 5.63. The van der Waals surface area contributed by atoms with Gasteiger partial charge in [0, 0.05) is 10.6 Å². The Hall–Kier alpha value is -1.59. The van der Waals surface area contributed by atoms with E-state index in [9.17, 15) is 4.79 Å². The van der Waals surface area contributed by atoms with Crippen LogP contribution in [0.25, 0.3) is 11.3 Å². The van der Waals surface area contributed by atoms with Crippen molar-refractivity contribution < 1.29 is 14.3 Å². The van der Waals surface area contributed by atoms with Gasteiger partial charge in [0.05, 0.1) is 19.4 Å². The molecule has 1 aromatic heterocycles. The van der Waals surface area contributed by atoms with E-state index in [4.69, 9.17) is 21.1 Å². The molecule has 100 valence electrons. The maximum Gasteiger partial charge on any atom is 0.349 e. The fourth-order valence-corrected chi connectivity index (χ4v) is 2.38. The molecule has 2 rings (SSSR count). The number of esters is 1. The summed E-state index contributed by atoms with van der Waals surface area (Å²) in [4.78, 5) is 12.1. The third kappa shape index (κ3) is 3.05. The standard InChI is InChI=1S/C13H12ClNO3S/c1-3-18-13(16)12-7-10(15-19-12)9-5-4-8(14)6-11(9)17-2/h4-7H,3H2,1-2H3. The lowest BCUT2D eigenvalue weighted by atomic mass is 10.1.